The van der Waals surface area contributed by atoms with E-state index in [1.165, 1.54) is 19.4 Å². The number of nitrogens with one attached hydrogen (secondary N) is 1. The highest BCUT2D eigenvalue weighted by Gasteiger charge is 2.20. The predicted molar refractivity (Wildman–Crippen MR) is 65.5 cm³/mol. The molecule has 2 N–H and O–H groups in total. The highest BCUT2D eigenvalue weighted by molar-refractivity contribution is 9.10. The second kappa shape index (κ2) is 6.26. The van der Waals surface area contributed by atoms with Crippen molar-refractivity contribution in [3.05, 3.63) is 26.9 Å². The molecule has 0 aliphatic carbocycles. The first-order valence-corrected chi connectivity index (χ1v) is 5.54. The van der Waals surface area contributed by atoms with E-state index in [9.17, 15) is 14.9 Å². The first-order valence-electron chi connectivity index (χ1n) is 4.75. The fraction of sp³-hybridized carbons (Fsp3) is 0.333. The molecule has 0 aliphatic rings. The van der Waals surface area contributed by atoms with Crippen LogP contribution in [0.15, 0.2) is 16.7 Å². The molecule has 98 valence electrons. The molecule has 0 fully saturated rings. The van der Waals surface area contributed by atoms with Crippen molar-refractivity contribution < 1.29 is 19.6 Å². The van der Waals surface area contributed by atoms with E-state index in [0.717, 1.165) is 0 Å². The van der Waals surface area contributed by atoms with Crippen LogP contribution in [0.2, 0.25) is 0 Å². The summed E-state index contributed by atoms with van der Waals surface area (Å²) in [7, 11) is 1.24. The maximum atomic E-state index is 10.8. The predicted octanol–water partition coefficient (Wildman–Crippen LogP) is 1.26. The normalized spacial score (nSPS) is 11.9. The zero-order chi connectivity index (χ0) is 13.7. The molecule has 1 unspecified atom stereocenters. The zero-order valence-electron chi connectivity index (χ0n) is 9.29. The molecular weight excluding hydrogens is 310 g/mol. The standard InChI is InChI=1S/C9H10BrN3O5/c1-18-7(9(14)15)4-12-8-6(13(16)17)2-5(10)3-11-8/h2-3,7H,4H2,1H3,(H,11,12)(H,14,15). The summed E-state index contributed by atoms with van der Waals surface area (Å²) >= 11 is 3.07. The van der Waals surface area contributed by atoms with Gasteiger partial charge in [0.1, 0.15) is 0 Å². The number of halogens is 1. The van der Waals surface area contributed by atoms with Crippen LogP contribution in [0.1, 0.15) is 0 Å². The van der Waals surface area contributed by atoms with Crippen LogP contribution in [-0.4, -0.2) is 40.7 Å². The van der Waals surface area contributed by atoms with Crippen molar-refractivity contribution in [3.8, 4) is 0 Å². The molecule has 1 aromatic rings. The molecule has 0 saturated carbocycles. The summed E-state index contributed by atoms with van der Waals surface area (Å²) in [6, 6.07) is 1.28. The number of aromatic nitrogens is 1. The number of hydrogen-bond donors (Lipinski definition) is 2. The van der Waals surface area contributed by atoms with E-state index in [0.29, 0.717) is 4.47 Å². The van der Waals surface area contributed by atoms with E-state index in [2.05, 4.69) is 31.0 Å². The third-order valence-electron chi connectivity index (χ3n) is 2.05. The first kappa shape index (κ1) is 14.3. The van der Waals surface area contributed by atoms with Crippen LogP contribution in [0.3, 0.4) is 0 Å². The molecule has 1 aromatic heterocycles. The van der Waals surface area contributed by atoms with Gasteiger partial charge in [-0.2, -0.15) is 0 Å². The summed E-state index contributed by atoms with van der Waals surface area (Å²) in [6.45, 7) is -0.124. The van der Waals surface area contributed by atoms with Gasteiger partial charge in [0.2, 0.25) is 5.82 Å². The molecule has 1 atom stereocenters. The van der Waals surface area contributed by atoms with Gasteiger partial charge >= 0.3 is 11.7 Å². The summed E-state index contributed by atoms with van der Waals surface area (Å²) in [5.41, 5.74) is -0.246. The van der Waals surface area contributed by atoms with Gasteiger partial charge in [-0.3, -0.25) is 10.1 Å². The Hall–Kier alpha value is -1.74. The molecule has 0 radical (unpaired) electrons. The van der Waals surface area contributed by atoms with Crippen LogP contribution in [0.25, 0.3) is 0 Å². The van der Waals surface area contributed by atoms with Crippen LogP contribution >= 0.6 is 15.9 Å². The maximum absolute atomic E-state index is 10.8. The number of rotatable bonds is 6. The van der Waals surface area contributed by atoms with Gasteiger partial charge in [-0.05, 0) is 15.9 Å². The SMILES string of the molecule is COC(CNc1ncc(Br)cc1[N+](=O)[O-])C(=O)O. The van der Waals surface area contributed by atoms with Crippen molar-refractivity contribution in [2.45, 2.75) is 6.10 Å². The molecule has 0 spiro atoms. The lowest BCUT2D eigenvalue weighted by Gasteiger charge is -2.11. The van der Waals surface area contributed by atoms with Gasteiger partial charge in [0.25, 0.3) is 0 Å². The summed E-state index contributed by atoms with van der Waals surface area (Å²) in [5.74, 6) is -1.17. The van der Waals surface area contributed by atoms with E-state index < -0.39 is 17.0 Å². The number of carbonyl (C=O) groups is 1. The summed E-state index contributed by atoms with van der Waals surface area (Å²) in [6.07, 6.45) is 0.271. The summed E-state index contributed by atoms with van der Waals surface area (Å²) in [5, 5.41) is 22.1. The Morgan fingerprint density at radius 3 is 2.94 bits per heavy atom. The van der Waals surface area contributed by atoms with Crippen molar-refractivity contribution in [2.75, 3.05) is 19.0 Å². The lowest BCUT2D eigenvalue weighted by Crippen LogP contribution is -2.30. The van der Waals surface area contributed by atoms with E-state index in [4.69, 9.17) is 5.11 Å². The van der Waals surface area contributed by atoms with E-state index >= 15 is 0 Å². The quantitative estimate of drug-likeness (QED) is 0.599. The van der Waals surface area contributed by atoms with E-state index in [1.54, 1.807) is 0 Å². The van der Waals surface area contributed by atoms with Crippen molar-refractivity contribution >= 4 is 33.4 Å². The number of carboxylic acid groups (broad SMARTS) is 1. The Morgan fingerprint density at radius 1 is 1.78 bits per heavy atom. The second-order valence-corrected chi connectivity index (χ2v) is 4.14. The van der Waals surface area contributed by atoms with Crippen LogP contribution in [0.4, 0.5) is 11.5 Å². The molecule has 0 aliphatic heterocycles. The Labute approximate surface area is 110 Å². The number of aliphatic carboxylic acids is 1. The highest BCUT2D eigenvalue weighted by atomic mass is 79.9. The molecule has 1 heterocycles. The zero-order valence-corrected chi connectivity index (χ0v) is 10.9. The first-order chi connectivity index (χ1) is 8.45. The van der Waals surface area contributed by atoms with Gasteiger partial charge in [0, 0.05) is 23.8 Å². The number of hydrogen-bond acceptors (Lipinski definition) is 6. The fourth-order valence-corrected chi connectivity index (χ4v) is 1.48. The van der Waals surface area contributed by atoms with Gasteiger partial charge in [-0.25, -0.2) is 9.78 Å². The third kappa shape index (κ3) is 3.64. The largest absolute Gasteiger partial charge is 0.479 e. The third-order valence-corrected chi connectivity index (χ3v) is 2.48. The molecule has 0 saturated heterocycles. The van der Waals surface area contributed by atoms with Crippen LogP contribution in [-0.2, 0) is 9.53 Å². The lowest BCUT2D eigenvalue weighted by atomic mass is 10.3. The molecule has 1 rings (SSSR count). The minimum atomic E-state index is -1.16. The average Bonchev–Trinajstić information content (AvgIpc) is 2.30. The van der Waals surface area contributed by atoms with Gasteiger partial charge in [0.05, 0.1) is 11.5 Å². The van der Waals surface area contributed by atoms with Gasteiger partial charge in [0.15, 0.2) is 6.10 Å². The van der Waals surface area contributed by atoms with Crippen molar-refractivity contribution in [1.82, 2.24) is 4.98 Å². The number of carboxylic acids is 1. The van der Waals surface area contributed by atoms with Crippen molar-refractivity contribution in [3.63, 3.8) is 0 Å². The number of ether oxygens (including phenoxy) is 1. The van der Waals surface area contributed by atoms with Crippen molar-refractivity contribution in [1.29, 1.82) is 0 Å². The van der Waals surface area contributed by atoms with Crippen LogP contribution in [0.5, 0.6) is 0 Å². The Morgan fingerprint density at radius 2 is 2.44 bits per heavy atom. The van der Waals surface area contributed by atoms with Crippen LogP contribution in [0, 0.1) is 10.1 Å². The topological polar surface area (TPSA) is 115 Å². The average molecular weight is 320 g/mol. The summed E-state index contributed by atoms with van der Waals surface area (Å²) < 4.78 is 5.15. The van der Waals surface area contributed by atoms with Crippen molar-refractivity contribution in [2.24, 2.45) is 0 Å². The fourth-order valence-electron chi connectivity index (χ4n) is 1.16. The van der Waals surface area contributed by atoms with Gasteiger partial charge in [-0.1, -0.05) is 0 Å². The van der Waals surface area contributed by atoms with Gasteiger partial charge in [-0.15, -0.1) is 0 Å². The number of pyridine rings is 1. The molecular formula is C9H10BrN3O5. The lowest BCUT2D eigenvalue weighted by molar-refractivity contribution is -0.384. The van der Waals surface area contributed by atoms with Crippen LogP contribution < -0.4 is 5.32 Å². The molecule has 0 aromatic carbocycles. The van der Waals surface area contributed by atoms with E-state index in [1.807, 2.05) is 0 Å². The Kier molecular flexibility index (Phi) is 4.98. The smallest absolute Gasteiger partial charge is 0.334 e. The second-order valence-electron chi connectivity index (χ2n) is 3.22. The number of anilines is 1. The Balaban J connectivity index is 2.84. The molecule has 0 amide bonds. The summed E-state index contributed by atoms with van der Waals surface area (Å²) in [4.78, 5) is 24.7. The van der Waals surface area contributed by atoms with Gasteiger partial charge < -0.3 is 15.2 Å². The number of methoxy groups -OCH3 is 1. The molecule has 18 heavy (non-hydrogen) atoms. The molecule has 9 heteroatoms. The Bertz CT molecular complexity index is 468. The maximum Gasteiger partial charge on any atom is 0.334 e. The molecule has 8 nitrogen and oxygen atoms in total. The minimum absolute atomic E-state index is 0.00787. The monoisotopic (exact) mass is 319 g/mol. The molecule has 0 bridgehead atoms. The number of nitro groups is 1. The highest BCUT2D eigenvalue weighted by Crippen LogP contribution is 2.25. The minimum Gasteiger partial charge on any atom is -0.479 e. The van der Waals surface area contributed by atoms with E-state index in [-0.39, 0.29) is 18.1 Å². The number of nitrogens with zero attached hydrogens (tertiary/aromatic N) is 2.